The van der Waals surface area contributed by atoms with Crippen molar-refractivity contribution in [2.45, 2.75) is 45.7 Å². The van der Waals surface area contributed by atoms with E-state index in [1.165, 1.54) is 0 Å². The minimum Gasteiger partial charge on any atom is -0.381 e. The number of hydrogen-bond acceptors (Lipinski definition) is 3. The van der Waals surface area contributed by atoms with Gasteiger partial charge in [-0.15, -0.1) is 0 Å². The molecule has 2 atom stereocenters. The van der Waals surface area contributed by atoms with Crippen molar-refractivity contribution in [2.75, 3.05) is 17.2 Å². The number of para-hydroxylation sites is 2. The highest BCUT2D eigenvalue weighted by atomic mass is 16.2. The lowest BCUT2D eigenvalue weighted by Crippen LogP contribution is -2.50. The van der Waals surface area contributed by atoms with E-state index in [4.69, 9.17) is 0 Å². The summed E-state index contributed by atoms with van der Waals surface area (Å²) in [6.07, 6.45) is 2.19. The summed E-state index contributed by atoms with van der Waals surface area (Å²) in [6, 6.07) is 7.98. The Balaban J connectivity index is 1.95. The Kier molecular flexibility index (Phi) is 4.88. The molecule has 1 aromatic rings. The minimum atomic E-state index is -0.207. The Morgan fingerprint density at radius 2 is 1.95 bits per heavy atom. The van der Waals surface area contributed by atoms with Crippen molar-refractivity contribution < 1.29 is 4.79 Å². The Morgan fingerprint density at radius 3 is 2.60 bits per heavy atom. The second-order valence-electron chi connectivity index (χ2n) is 5.50. The largest absolute Gasteiger partial charge is 0.381 e. The molecule has 3 N–H and O–H groups in total. The summed E-state index contributed by atoms with van der Waals surface area (Å²) in [5, 5.41) is 9.74. The van der Waals surface area contributed by atoms with Crippen LogP contribution in [0, 0.1) is 5.92 Å². The molecule has 1 aliphatic heterocycles. The fourth-order valence-corrected chi connectivity index (χ4v) is 2.81. The summed E-state index contributed by atoms with van der Waals surface area (Å²) in [4.78, 5) is 12.3. The molecule has 0 bridgehead atoms. The molecule has 1 heterocycles. The van der Waals surface area contributed by atoms with E-state index < -0.39 is 0 Å². The SMILES string of the molecule is CCC(CC)C(C)NC(=O)C1CNc2ccccc2N1. The van der Waals surface area contributed by atoms with Crippen molar-refractivity contribution >= 4 is 17.3 Å². The van der Waals surface area contributed by atoms with Gasteiger partial charge in [-0.3, -0.25) is 4.79 Å². The number of rotatable bonds is 5. The summed E-state index contributed by atoms with van der Waals surface area (Å²) >= 11 is 0. The lowest BCUT2D eigenvalue weighted by Gasteiger charge is -2.30. The van der Waals surface area contributed by atoms with E-state index in [1.807, 2.05) is 24.3 Å². The molecule has 20 heavy (non-hydrogen) atoms. The summed E-state index contributed by atoms with van der Waals surface area (Å²) in [7, 11) is 0. The molecule has 0 radical (unpaired) electrons. The summed E-state index contributed by atoms with van der Waals surface area (Å²) < 4.78 is 0. The summed E-state index contributed by atoms with van der Waals surface area (Å²) in [6.45, 7) is 7.07. The molecule has 1 aromatic carbocycles. The number of benzene rings is 1. The summed E-state index contributed by atoms with van der Waals surface area (Å²) in [5.74, 6) is 0.620. The average molecular weight is 275 g/mol. The first-order valence-corrected chi connectivity index (χ1v) is 7.55. The zero-order chi connectivity index (χ0) is 14.5. The monoisotopic (exact) mass is 275 g/mol. The van der Waals surface area contributed by atoms with E-state index in [2.05, 4.69) is 36.7 Å². The topological polar surface area (TPSA) is 53.2 Å². The van der Waals surface area contributed by atoms with E-state index in [1.54, 1.807) is 0 Å². The predicted octanol–water partition coefficient (Wildman–Crippen LogP) is 2.83. The van der Waals surface area contributed by atoms with Crippen molar-refractivity contribution in [3.05, 3.63) is 24.3 Å². The highest BCUT2D eigenvalue weighted by Gasteiger charge is 2.25. The van der Waals surface area contributed by atoms with Crippen LogP contribution in [-0.4, -0.2) is 24.5 Å². The average Bonchev–Trinajstić information content (AvgIpc) is 2.48. The van der Waals surface area contributed by atoms with E-state index in [9.17, 15) is 4.79 Å². The van der Waals surface area contributed by atoms with Crippen LogP contribution in [0.5, 0.6) is 0 Å². The third-order valence-electron chi connectivity index (χ3n) is 4.20. The molecule has 110 valence electrons. The van der Waals surface area contributed by atoms with Gasteiger partial charge in [-0.1, -0.05) is 38.8 Å². The standard InChI is InChI=1S/C16H25N3O/c1-4-12(5-2)11(3)18-16(20)15-10-17-13-8-6-7-9-14(13)19-15/h6-9,11-12,15,17,19H,4-5,10H2,1-3H3,(H,18,20). The van der Waals surface area contributed by atoms with Gasteiger partial charge in [0, 0.05) is 12.6 Å². The molecule has 2 unspecified atom stereocenters. The molecule has 0 fully saturated rings. The normalized spacial score (nSPS) is 18.7. The van der Waals surface area contributed by atoms with Crippen LogP contribution in [0.3, 0.4) is 0 Å². The highest BCUT2D eigenvalue weighted by Crippen LogP contribution is 2.25. The number of carbonyl (C=O) groups excluding carboxylic acids is 1. The molecule has 0 saturated carbocycles. The lowest BCUT2D eigenvalue weighted by molar-refractivity contribution is -0.122. The van der Waals surface area contributed by atoms with Crippen molar-refractivity contribution in [3.8, 4) is 0 Å². The molecule has 0 aliphatic carbocycles. The van der Waals surface area contributed by atoms with E-state index >= 15 is 0 Å². The first-order valence-electron chi connectivity index (χ1n) is 7.55. The van der Waals surface area contributed by atoms with Crippen LogP contribution in [0.2, 0.25) is 0 Å². The van der Waals surface area contributed by atoms with Gasteiger partial charge < -0.3 is 16.0 Å². The van der Waals surface area contributed by atoms with Gasteiger partial charge in [0.1, 0.15) is 6.04 Å². The number of fused-ring (bicyclic) bond motifs is 1. The molecule has 0 aromatic heterocycles. The van der Waals surface area contributed by atoms with Gasteiger partial charge in [-0.2, -0.15) is 0 Å². The van der Waals surface area contributed by atoms with Gasteiger partial charge in [0.05, 0.1) is 11.4 Å². The Morgan fingerprint density at radius 1 is 1.30 bits per heavy atom. The fraction of sp³-hybridized carbons (Fsp3) is 0.562. The minimum absolute atomic E-state index is 0.0754. The summed E-state index contributed by atoms with van der Waals surface area (Å²) in [5.41, 5.74) is 2.05. The smallest absolute Gasteiger partial charge is 0.244 e. The van der Waals surface area contributed by atoms with Crippen LogP contribution in [0.15, 0.2) is 24.3 Å². The van der Waals surface area contributed by atoms with Crippen LogP contribution in [0.25, 0.3) is 0 Å². The predicted molar refractivity (Wildman–Crippen MR) is 84.0 cm³/mol. The van der Waals surface area contributed by atoms with Gasteiger partial charge in [0.15, 0.2) is 0 Å². The molecule has 0 spiro atoms. The molecular formula is C16H25N3O. The maximum Gasteiger partial charge on any atom is 0.244 e. The molecule has 4 heteroatoms. The molecule has 4 nitrogen and oxygen atoms in total. The van der Waals surface area contributed by atoms with Crippen LogP contribution >= 0.6 is 0 Å². The van der Waals surface area contributed by atoms with Gasteiger partial charge in [0.25, 0.3) is 0 Å². The molecular weight excluding hydrogens is 250 g/mol. The zero-order valence-electron chi connectivity index (χ0n) is 12.6. The number of carbonyl (C=O) groups is 1. The first-order chi connectivity index (χ1) is 9.65. The number of anilines is 2. The quantitative estimate of drug-likeness (QED) is 0.774. The van der Waals surface area contributed by atoms with Crippen molar-refractivity contribution in [1.82, 2.24) is 5.32 Å². The van der Waals surface area contributed by atoms with Gasteiger partial charge >= 0.3 is 0 Å². The Bertz CT molecular complexity index is 457. The van der Waals surface area contributed by atoms with Crippen molar-refractivity contribution in [3.63, 3.8) is 0 Å². The second kappa shape index (κ2) is 6.64. The van der Waals surface area contributed by atoms with E-state index in [0.29, 0.717) is 12.5 Å². The molecule has 0 saturated heterocycles. The van der Waals surface area contributed by atoms with Gasteiger partial charge in [0.2, 0.25) is 5.91 Å². The van der Waals surface area contributed by atoms with Crippen LogP contribution in [0.1, 0.15) is 33.6 Å². The number of nitrogens with one attached hydrogen (secondary N) is 3. The number of amides is 1. The first kappa shape index (κ1) is 14.7. The Hall–Kier alpha value is -1.71. The van der Waals surface area contributed by atoms with Crippen LogP contribution in [0.4, 0.5) is 11.4 Å². The Labute approximate surface area is 121 Å². The van der Waals surface area contributed by atoms with Crippen LogP contribution in [-0.2, 0) is 4.79 Å². The maximum absolute atomic E-state index is 12.3. The lowest BCUT2D eigenvalue weighted by atomic mass is 9.95. The van der Waals surface area contributed by atoms with Crippen LogP contribution < -0.4 is 16.0 Å². The zero-order valence-corrected chi connectivity index (χ0v) is 12.6. The fourth-order valence-electron chi connectivity index (χ4n) is 2.81. The van der Waals surface area contributed by atoms with Gasteiger partial charge in [-0.25, -0.2) is 0 Å². The highest BCUT2D eigenvalue weighted by molar-refractivity contribution is 5.88. The molecule has 2 rings (SSSR count). The third-order valence-corrected chi connectivity index (χ3v) is 4.20. The van der Waals surface area contributed by atoms with E-state index in [-0.39, 0.29) is 18.0 Å². The van der Waals surface area contributed by atoms with Gasteiger partial charge in [-0.05, 0) is 25.0 Å². The maximum atomic E-state index is 12.3. The third kappa shape index (κ3) is 3.24. The molecule has 1 aliphatic rings. The van der Waals surface area contributed by atoms with E-state index in [0.717, 1.165) is 24.2 Å². The van der Waals surface area contributed by atoms with Crippen molar-refractivity contribution in [1.29, 1.82) is 0 Å². The molecule has 1 amide bonds. The van der Waals surface area contributed by atoms with Crippen molar-refractivity contribution in [2.24, 2.45) is 5.92 Å². The second-order valence-corrected chi connectivity index (χ2v) is 5.50. The number of hydrogen-bond donors (Lipinski definition) is 3.